The summed E-state index contributed by atoms with van der Waals surface area (Å²) in [5.41, 5.74) is 7.78. The van der Waals surface area contributed by atoms with E-state index in [4.69, 9.17) is 10.5 Å². The van der Waals surface area contributed by atoms with Crippen LogP contribution in [0.1, 0.15) is 13.8 Å². The average molecular weight is 242 g/mol. The first-order valence-electron chi connectivity index (χ1n) is 5.97. The number of ether oxygens (including phenoxy) is 1. The number of hydrogen-bond acceptors (Lipinski definition) is 3. The van der Waals surface area contributed by atoms with E-state index in [1.54, 1.807) is 6.20 Å². The smallest absolute Gasteiger partial charge is 0.119 e. The van der Waals surface area contributed by atoms with Gasteiger partial charge in [-0.05, 0) is 43.2 Å². The summed E-state index contributed by atoms with van der Waals surface area (Å²) in [6.07, 6.45) is 3.61. The van der Waals surface area contributed by atoms with Crippen molar-refractivity contribution < 1.29 is 4.74 Å². The van der Waals surface area contributed by atoms with Crippen molar-refractivity contribution in [2.45, 2.75) is 19.4 Å². The van der Waals surface area contributed by atoms with Gasteiger partial charge in [0.05, 0.1) is 0 Å². The first-order chi connectivity index (χ1) is 8.54. The van der Waals surface area contributed by atoms with E-state index < -0.39 is 0 Å². The Bertz CT molecular complexity index is 486. The molecule has 0 unspecified atom stereocenters. The van der Waals surface area contributed by atoms with Gasteiger partial charge in [0.1, 0.15) is 12.4 Å². The number of rotatable bonds is 4. The molecule has 0 radical (unpaired) electrons. The van der Waals surface area contributed by atoms with E-state index in [-0.39, 0.29) is 5.54 Å². The lowest BCUT2D eigenvalue weighted by Gasteiger charge is -2.19. The summed E-state index contributed by atoms with van der Waals surface area (Å²) >= 11 is 0. The first kappa shape index (κ1) is 12.6. The first-order valence-corrected chi connectivity index (χ1v) is 5.97. The topological polar surface area (TPSA) is 48.1 Å². The molecule has 0 saturated carbocycles. The summed E-state index contributed by atoms with van der Waals surface area (Å²) in [7, 11) is 0. The Morgan fingerprint density at radius 3 is 2.39 bits per heavy atom. The van der Waals surface area contributed by atoms with E-state index in [9.17, 15) is 0 Å². The molecule has 0 aliphatic heterocycles. The standard InChI is InChI=1S/C15H18N2O/c1-15(2,16)11-18-14-7-5-12(6-8-14)13-4-3-9-17-10-13/h3-10H,11,16H2,1-2H3. The van der Waals surface area contributed by atoms with Gasteiger partial charge in [0, 0.05) is 17.9 Å². The fraction of sp³-hybridized carbons (Fsp3) is 0.267. The van der Waals surface area contributed by atoms with Crippen LogP contribution in [0.15, 0.2) is 48.8 Å². The van der Waals surface area contributed by atoms with E-state index in [0.29, 0.717) is 6.61 Å². The van der Waals surface area contributed by atoms with E-state index in [0.717, 1.165) is 16.9 Å². The Balaban J connectivity index is 2.07. The Labute approximate surface area is 108 Å². The molecule has 2 rings (SSSR count). The SMILES string of the molecule is CC(C)(N)COc1ccc(-c2cccnc2)cc1. The van der Waals surface area contributed by atoms with Gasteiger partial charge in [-0.1, -0.05) is 18.2 Å². The summed E-state index contributed by atoms with van der Waals surface area (Å²) in [4.78, 5) is 4.10. The summed E-state index contributed by atoms with van der Waals surface area (Å²) < 4.78 is 5.62. The van der Waals surface area contributed by atoms with Crippen molar-refractivity contribution in [3.63, 3.8) is 0 Å². The lowest BCUT2D eigenvalue weighted by molar-refractivity contribution is 0.243. The van der Waals surface area contributed by atoms with Crippen LogP contribution < -0.4 is 10.5 Å². The third kappa shape index (κ3) is 3.57. The third-order valence-electron chi connectivity index (χ3n) is 2.46. The average Bonchev–Trinajstić information content (AvgIpc) is 2.37. The molecule has 1 aromatic heterocycles. The molecule has 94 valence electrons. The number of nitrogens with zero attached hydrogens (tertiary/aromatic N) is 1. The van der Waals surface area contributed by atoms with Crippen molar-refractivity contribution >= 4 is 0 Å². The van der Waals surface area contributed by atoms with Crippen LogP contribution in [0.4, 0.5) is 0 Å². The fourth-order valence-corrected chi connectivity index (χ4v) is 1.55. The minimum atomic E-state index is -0.317. The lowest BCUT2D eigenvalue weighted by atomic mass is 10.1. The molecule has 3 heteroatoms. The molecular formula is C15H18N2O. The predicted molar refractivity (Wildman–Crippen MR) is 73.4 cm³/mol. The molecule has 0 saturated heterocycles. The molecule has 0 spiro atoms. The molecule has 2 N–H and O–H groups in total. The largest absolute Gasteiger partial charge is 0.492 e. The van der Waals surface area contributed by atoms with Gasteiger partial charge in [0.15, 0.2) is 0 Å². The molecule has 18 heavy (non-hydrogen) atoms. The van der Waals surface area contributed by atoms with Crippen molar-refractivity contribution in [2.75, 3.05) is 6.61 Å². The predicted octanol–water partition coefficient (Wildman–Crippen LogP) is 2.86. The maximum absolute atomic E-state index is 5.87. The molecular weight excluding hydrogens is 224 g/mol. The molecule has 0 aliphatic rings. The molecule has 1 heterocycles. The van der Waals surface area contributed by atoms with Crippen LogP contribution in [0.25, 0.3) is 11.1 Å². The van der Waals surface area contributed by atoms with Crippen molar-refractivity contribution in [3.05, 3.63) is 48.8 Å². The van der Waals surface area contributed by atoms with Crippen molar-refractivity contribution in [1.29, 1.82) is 0 Å². The van der Waals surface area contributed by atoms with E-state index in [1.807, 2.05) is 56.4 Å². The van der Waals surface area contributed by atoms with Crippen LogP contribution >= 0.6 is 0 Å². The second-order valence-corrected chi connectivity index (χ2v) is 5.04. The van der Waals surface area contributed by atoms with Crippen LogP contribution in [-0.2, 0) is 0 Å². The van der Waals surface area contributed by atoms with E-state index in [1.165, 1.54) is 0 Å². The molecule has 3 nitrogen and oxygen atoms in total. The van der Waals surface area contributed by atoms with Gasteiger partial charge in [-0.25, -0.2) is 0 Å². The number of benzene rings is 1. The molecule has 0 fully saturated rings. The van der Waals surface area contributed by atoms with E-state index >= 15 is 0 Å². The number of hydrogen-bond donors (Lipinski definition) is 1. The van der Waals surface area contributed by atoms with Gasteiger partial charge in [-0.15, -0.1) is 0 Å². The molecule has 0 amide bonds. The Morgan fingerprint density at radius 1 is 1.11 bits per heavy atom. The molecule has 0 bridgehead atoms. The number of pyridine rings is 1. The highest BCUT2D eigenvalue weighted by Gasteiger charge is 2.11. The van der Waals surface area contributed by atoms with E-state index in [2.05, 4.69) is 4.98 Å². The van der Waals surface area contributed by atoms with Gasteiger partial charge in [0.25, 0.3) is 0 Å². The minimum absolute atomic E-state index is 0.317. The number of aromatic nitrogens is 1. The molecule has 0 atom stereocenters. The van der Waals surface area contributed by atoms with Crippen LogP contribution in [0.3, 0.4) is 0 Å². The van der Waals surface area contributed by atoms with Crippen LogP contribution in [0.5, 0.6) is 5.75 Å². The summed E-state index contributed by atoms with van der Waals surface area (Å²) in [6.45, 7) is 4.38. The maximum Gasteiger partial charge on any atom is 0.119 e. The molecule has 0 aliphatic carbocycles. The quantitative estimate of drug-likeness (QED) is 0.896. The zero-order valence-corrected chi connectivity index (χ0v) is 10.8. The third-order valence-corrected chi connectivity index (χ3v) is 2.46. The van der Waals surface area contributed by atoms with Crippen LogP contribution in [0, 0.1) is 0 Å². The monoisotopic (exact) mass is 242 g/mol. The van der Waals surface area contributed by atoms with Gasteiger partial charge in [0.2, 0.25) is 0 Å². The summed E-state index contributed by atoms with van der Waals surface area (Å²) in [5, 5.41) is 0. The highest BCUT2D eigenvalue weighted by molar-refractivity contribution is 5.62. The Morgan fingerprint density at radius 2 is 1.83 bits per heavy atom. The molecule has 2 aromatic rings. The lowest BCUT2D eigenvalue weighted by Crippen LogP contribution is -2.38. The second kappa shape index (κ2) is 5.19. The van der Waals surface area contributed by atoms with Crippen molar-refractivity contribution in [1.82, 2.24) is 4.98 Å². The fourth-order valence-electron chi connectivity index (χ4n) is 1.55. The van der Waals surface area contributed by atoms with Gasteiger partial charge < -0.3 is 10.5 Å². The Hall–Kier alpha value is -1.87. The van der Waals surface area contributed by atoms with Gasteiger partial charge in [-0.2, -0.15) is 0 Å². The van der Waals surface area contributed by atoms with Crippen molar-refractivity contribution in [2.24, 2.45) is 5.73 Å². The second-order valence-electron chi connectivity index (χ2n) is 5.04. The highest BCUT2D eigenvalue weighted by Crippen LogP contribution is 2.21. The zero-order valence-electron chi connectivity index (χ0n) is 10.8. The normalized spacial score (nSPS) is 11.3. The van der Waals surface area contributed by atoms with Gasteiger partial charge >= 0.3 is 0 Å². The summed E-state index contributed by atoms with van der Waals surface area (Å²) in [6, 6.07) is 11.9. The summed E-state index contributed by atoms with van der Waals surface area (Å²) in [5.74, 6) is 0.834. The zero-order chi connectivity index (χ0) is 13.0. The van der Waals surface area contributed by atoms with Gasteiger partial charge in [-0.3, -0.25) is 4.98 Å². The van der Waals surface area contributed by atoms with Crippen LogP contribution in [-0.4, -0.2) is 17.1 Å². The molecule has 1 aromatic carbocycles. The maximum atomic E-state index is 5.87. The van der Waals surface area contributed by atoms with Crippen LogP contribution in [0.2, 0.25) is 0 Å². The Kier molecular flexibility index (Phi) is 3.63. The highest BCUT2D eigenvalue weighted by atomic mass is 16.5. The number of nitrogens with two attached hydrogens (primary N) is 1. The van der Waals surface area contributed by atoms with Crippen molar-refractivity contribution in [3.8, 4) is 16.9 Å². The minimum Gasteiger partial charge on any atom is -0.492 e.